The first-order chi connectivity index (χ1) is 6.74. The Labute approximate surface area is 85.8 Å². The molecule has 0 aromatic heterocycles. The Morgan fingerprint density at radius 1 is 1.50 bits per heavy atom. The predicted octanol–water partition coefficient (Wildman–Crippen LogP) is 1.34. The van der Waals surface area contributed by atoms with Gasteiger partial charge in [0.05, 0.1) is 12.7 Å². The first-order valence-corrected chi connectivity index (χ1v) is 5.78. The molecule has 2 fully saturated rings. The molecule has 1 heterocycles. The summed E-state index contributed by atoms with van der Waals surface area (Å²) in [7, 11) is 0. The van der Waals surface area contributed by atoms with Gasteiger partial charge in [-0.25, -0.2) is 0 Å². The molecule has 3 heteroatoms. The molecule has 2 rings (SSSR count). The second-order valence-corrected chi connectivity index (χ2v) is 4.56. The Balaban J connectivity index is 2.04. The molecule has 0 radical (unpaired) electrons. The second kappa shape index (κ2) is 3.89. The van der Waals surface area contributed by atoms with Crippen molar-refractivity contribution in [3.8, 4) is 0 Å². The summed E-state index contributed by atoms with van der Waals surface area (Å²) < 4.78 is 0. The van der Waals surface area contributed by atoms with Crippen molar-refractivity contribution in [2.24, 2.45) is 5.92 Å². The monoisotopic (exact) mass is 196 g/mol. The van der Waals surface area contributed by atoms with Crippen LogP contribution in [0.25, 0.3) is 0 Å². The molecule has 80 valence electrons. The summed E-state index contributed by atoms with van der Waals surface area (Å²) in [5.41, 5.74) is 0. The predicted molar refractivity (Wildman–Crippen MR) is 55.7 cm³/mol. The molecule has 1 saturated heterocycles. The summed E-state index contributed by atoms with van der Waals surface area (Å²) in [6, 6.07) is 0.554. The van der Waals surface area contributed by atoms with Crippen LogP contribution in [0.5, 0.6) is 0 Å². The molecule has 0 bridgehead atoms. The highest BCUT2D eigenvalue weighted by atomic mass is 16.2. The van der Waals surface area contributed by atoms with Crippen molar-refractivity contribution >= 4 is 5.91 Å². The molecular formula is C11H20N2O. The van der Waals surface area contributed by atoms with Crippen molar-refractivity contribution in [1.82, 2.24) is 10.2 Å². The number of hydrogen-bond acceptors (Lipinski definition) is 2. The SMILES string of the molecule is CCC1CCCC1N1CNC(C)C1=O. The molecule has 14 heavy (non-hydrogen) atoms. The zero-order valence-electron chi connectivity index (χ0n) is 9.12. The van der Waals surface area contributed by atoms with E-state index in [9.17, 15) is 4.79 Å². The zero-order chi connectivity index (χ0) is 10.1. The third kappa shape index (κ3) is 1.54. The fraction of sp³-hybridized carbons (Fsp3) is 0.909. The van der Waals surface area contributed by atoms with E-state index in [0.717, 1.165) is 12.6 Å². The fourth-order valence-electron chi connectivity index (χ4n) is 2.83. The Morgan fingerprint density at radius 3 is 2.86 bits per heavy atom. The molecule has 1 N–H and O–H groups in total. The van der Waals surface area contributed by atoms with Crippen LogP contribution in [0.15, 0.2) is 0 Å². The van der Waals surface area contributed by atoms with E-state index in [1.165, 1.54) is 25.7 Å². The van der Waals surface area contributed by atoms with E-state index in [1.54, 1.807) is 0 Å². The minimum Gasteiger partial charge on any atom is -0.325 e. The van der Waals surface area contributed by atoms with Crippen molar-refractivity contribution < 1.29 is 4.79 Å². The minimum absolute atomic E-state index is 0.0353. The molecule has 3 atom stereocenters. The average molecular weight is 196 g/mol. The highest BCUT2D eigenvalue weighted by molar-refractivity contribution is 5.83. The van der Waals surface area contributed by atoms with Gasteiger partial charge in [0, 0.05) is 6.04 Å². The van der Waals surface area contributed by atoms with Gasteiger partial charge in [-0.3, -0.25) is 10.1 Å². The van der Waals surface area contributed by atoms with E-state index in [-0.39, 0.29) is 6.04 Å². The van der Waals surface area contributed by atoms with Gasteiger partial charge >= 0.3 is 0 Å². The van der Waals surface area contributed by atoms with Gasteiger partial charge in [0.15, 0.2) is 0 Å². The first kappa shape index (κ1) is 9.97. The maximum atomic E-state index is 11.8. The van der Waals surface area contributed by atoms with Crippen molar-refractivity contribution in [3.63, 3.8) is 0 Å². The van der Waals surface area contributed by atoms with Crippen LogP contribution in [-0.2, 0) is 4.79 Å². The lowest BCUT2D eigenvalue weighted by Crippen LogP contribution is -2.40. The van der Waals surface area contributed by atoms with Crippen LogP contribution in [0.1, 0.15) is 39.5 Å². The molecule has 3 unspecified atom stereocenters. The van der Waals surface area contributed by atoms with E-state index in [2.05, 4.69) is 17.1 Å². The summed E-state index contributed by atoms with van der Waals surface area (Å²) in [6.07, 6.45) is 5.02. The summed E-state index contributed by atoms with van der Waals surface area (Å²) >= 11 is 0. The smallest absolute Gasteiger partial charge is 0.240 e. The van der Waals surface area contributed by atoms with Crippen LogP contribution in [0.4, 0.5) is 0 Å². The van der Waals surface area contributed by atoms with Crippen molar-refractivity contribution in [2.45, 2.75) is 51.6 Å². The maximum absolute atomic E-state index is 11.8. The summed E-state index contributed by atoms with van der Waals surface area (Å²) in [5, 5.41) is 3.22. The van der Waals surface area contributed by atoms with Gasteiger partial charge in [-0.05, 0) is 25.7 Å². The number of amides is 1. The Hall–Kier alpha value is -0.570. The van der Waals surface area contributed by atoms with Crippen LogP contribution in [0.3, 0.4) is 0 Å². The van der Waals surface area contributed by atoms with Gasteiger partial charge < -0.3 is 4.90 Å². The quantitative estimate of drug-likeness (QED) is 0.723. The average Bonchev–Trinajstić information content (AvgIpc) is 2.75. The molecule has 0 aromatic carbocycles. The lowest BCUT2D eigenvalue weighted by molar-refractivity contribution is -0.131. The van der Waals surface area contributed by atoms with E-state index in [4.69, 9.17) is 0 Å². The highest BCUT2D eigenvalue weighted by Gasteiger charge is 2.38. The summed E-state index contributed by atoms with van der Waals surface area (Å²) in [5.74, 6) is 1.04. The van der Waals surface area contributed by atoms with Crippen molar-refractivity contribution in [1.29, 1.82) is 0 Å². The van der Waals surface area contributed by atoms with Gasteiger partial charge in [-0.2, -0.15) is 0 Å². The third-order valence-electron chi connectivity index (χ3n) is 3.76. The standard InChI is InChI=1S/C11H20N2O/c1-3-9-5-4-6-10(9)13-7-12-8(2)11(13)14/h8-10,12H,3-7H2,1-2H3. The zero-order valence-corrected chi connectivity index (χ0v) is 9.12. The van der Waals surface area contributed by atoms with Gasteiger partial charge in [0.1, 0.15) is 0 Å². The molecule has 3 nitrogen and oxygen atoms in total. The highest BCUT2D eigenvalue weighted by Crippen LogP contribution is 2.33. The molecule has 1 aliphatic carbocycles. The number of hydrogen-bond donors (Lipinski definition) is 1. The molecule has 0 aromatic rings. The van der Waals surface area contributed by atoms with E-state index in [0.29, 0.717) is 11.9 Å². The lowest BCUT2D eigenvalue weighted by Gasteiger charge is -2.28. The molecule has 0 spiro atoms. The molecule has 1 aliphatic heterocycles. The van der Waals surface area contributed by atoms with Crippen LogP contribution >= 0.6 is 0 Å². The van der Waals surface area contributed by atoms with E-state index < -0.39 is 0 Å². The summed E-state index contributed by atoms with van der Waals surface area (Å²) in [6.45, 7) is 4.96. The largest absolute Gasteiger partial charge is 0.325 e. The topological polar surface area (TPSA) is 32.3 Å². The van der Waals surface area contributed by atoms with E-state index in [1.807, 2.05) is 6.92 Å². The van der Waals surface area contributed by atoms with Crippen LogP contribution in [0.2, 0.25) is 0 Å². The number of nitrogens with one attached hydrogen (secondary N) is 1. The molecular weight excluding hydrogens is 176 g/mol. The lowest BCUT2D eigenvalue weighted by atomic mass is 9.99. The molecule has 2 aliphatic rings. The van der Waals surface area contributed by atoms with Gasteiger partial charge in [0.2, 0.25) is 5.91 Å². The normalized spacial score (nSPS) is 38.3. The van der Waals surface area contributed by atoms with Crippen molar-refractivity contribution in [3.05, 3.63) is 0 Å². The number of nitrogens with zero attached hydrogens (tertiary/aromatic N) is 1. The molecule has 1 amide bonds. The Kier molecular flexibility index (Phi) is 2.77. The second-order valence-electron chi connectivity index (χ2n) is 4.56. The number of rotatable bonds is 2. The van der Waals surface area contributed by atoms with Gasteiger partial charge in [-0.1, -0.05) is 19.8 Å². The van der Waals surface area contributed by atoms with Crippen LogP contribution in [-0.4, -0.2) is 29.6 Å². The molecule has 1 saturated carbocycles. The number of carbonyl (C=O) groups excluding carboxylic acids is 1. The maximum Gasteiger partial charge on any atom is 0.240 e. The van der Waals surface area contributed by atoms with Crippen molar-refractivity contribution in [2.75, 3.05) is 6.67 Å². The van der Waals surface area contributed by atoms with Gasteiger partial charge in [0.25, 0.3) is 0 Å². The fourth-order valence-corrected chi connectivity index (χ4v) is 2.83. The van der Waals surface area contributed by atoms with Crippen LogP contribution < -0.4 is 5.32 Å². The van der Waals surface area contributed by atoms with Gasteiger partial charge in [-0.15, -0.1) is 0 Å². The first-order valence-electron chi connectivity index (χ1n) is 5.78. The number of carbonyl (C=O) groups is 1. The summed E-state index contributed by atoms with van der Waals surface area (Å²) in [4.78, 5) is 13.9. The van der Waals surface area contributed by atoms with Crippen LogP contribution in [0, 0.1) is 5.92 Å². The minimum atomic E-state index is 0.0353. The Morgan fingerprint density at radius 2 is 2.29 bits per heavy atom. The third-order valence-corrected chi connectivity index (χ3v) is 3.76. The van der Waals surface area contributed by atoms with E-state index >= 15 is 0 Å². The Bertz CT molecular complexity index is 229.